The van der Waals surface area contributed by atoms with Crippen molar-refractivity contribution in [2.24, 2.45) is 5.73 Å². The van der Waals surface area contributed by atoms with Crippen LogP contribution in [0.5, 0.6) is 0 Å². The Morgan fingerprint density at radius 3 is 2.89 bits per heavy atom. The van der Waals surface area contributed by atoms with Gasteiger partial charge in [0, 0.05) is 35.8 Å². The number of hydrogen-bond acceptors (Lipinski definition) is 7. The van der Waals surface area contributed by atoms with E-state index < -0.39 is 5.91 Å². The first-order valence-corrected chi connectivity index (χ1v) is 8.30. The predicted molar refractivity (Wildman–Crippen MR) is 106 cm³/mol. The zero-order chi connectivity index (χ0) is 19.4. The lowest BCUT2D eigenvalue weighted by Gasteiger charge is -2.11. The number of nitrogens with one attached hydrogen (secondary N) is 2. The van der Waals surface area contributed by atoms with Crippen molar-refractivity contribution >= 4 is 34.5 Å². The summed E-state index contributed by atoms with van der Waals surface area (Å²) in [6.45, 7) is 2.06. The van der Waals surface area contributed by atoms with E-state index in [1.165, 1.54) is 6.08 Å². The zero-order valence-corrected chi connectivity index (χ0v) is 14.7. The summed E-state index contributed by atoms with van der Waals surface area (Å²) < 4.78 is 0. The maximum absolute atomic E-state index is 12.0. The van der Waals surface area contributed by atoms with Crippen molar-refractivity contribution in [1.29, 1.82) is 5.41 Å². The van der Waals surface area contributed by atoms with Gasteiger partial charge in [-0.05, 0) is 41.6 Å². The summed E-state index contributed by atoms with van der Waals surface area (Å²) in [5.74, 6) is 0.141. The van der Waals surface area contributed by atoms with Gasteiger partial charge in [0.25, 0.3) is 5.91 Å². The largest absolute Gasteiger partial charge is 0.394 e. The third-order valence-electron chi connectivity index (χ3n) is 4.08. The van der Waals surface area contributed by atoms with E-state index in [-0.39, 0.29) is 5.70 Å². The molecule has 8 nitrogen and oxygen atoms in total. The SMILES string of the molecule is CCc1ccncc1-c1cc2cc(NC(=O)/C(N)=C/C=N)ncc2c(N)n1. The molecule has 0 aliphatic rings. The molecule has 27 heavy (non-hydrogen) atoms. The number of rotatable bonds is 5. The van der Waals surface area contributed by atoms with Crippen LogP contribution in [0.4, 0.5) is 11.6 Å². The number of allylic oxidation sites excluding steroid dienone is 1. The Balaban J connectivity index is 2.04. The molecule has 0 aliphatic heterocycles. The van der Waals surface area contributed by atoms with Crippen molar-refractivity contribution in [3.8, 4) is 11.3 Å². The Kier molecular flexibility index (Phi) is 5.07. The minimum Gasteiger partial charge on any atom is -0.394 e. The molecular formula is C19H19N7O. The summed E-state index contributed by atoms with van der Waals surface area (Å²) in [6.07, 6.45) is 8.05. The average Bonchev–Trinajstić information content (AvgIpc) is 2.67. The molecule has 0 aliphatic carbocycles. The van der Waals surface area contributed by atoms with Crippen molar-refractivity contribution < 1.29 is 4.79 Å². The third kappa shape index (κ3) is 3.74. The van der Waals surface area contributed by atoms with Crippen molar-refractivity contribution in [1.82, 2.24) is 15.0 Å². The molecule has 0 bridgehead atoms. The van der Waals surface area contributed by atoms with E-state index in [1.807, 2.05) is 12.1 Å². The van der Waals surface area contributed by atoms with Gasteiger partial charge in [0.1, 0.15) is 11.6 Å². The topological polar surface area (TPSA) is 144 Å². The molecule has 0 spiro atoms. The molecule has 0 unspecified atom stereocenters. The summed E-state index contributed by atoms with van der Waals surface area (Å²) in [5, 5.41) is 11.0. The van der Waals surface area contributed by atoms with E-state index in [2.05, 4.69) is 27.2 Å². The number of nitrogen functional groups attached to an aromatic ring is 1. The summed E-state index contributed by atoms with van der Waals surface area (Å²) in [4.78, 5) is 24.8. The highest BCUT2D eigenvalue weighted by atomic mass is 16.2. The highest BCUT2D eigenvalue weighted by Gasteiger charge is 2.12. The summed E-state index contributed by atoms with van der Waals surface area (Å²) >= 11 is 0. The van der Waals surface area contributed by atoms with Crippen LogP contribution in [0.15, 0.2) is 48.6 Å². The van der Waals surface area contributed by atoms with E-state index in [9.17, 15) is 4.79 Å². The number of fused-ring (bicyclic) bond motifs is 1. The minimum absolute atomic E-state index is 0.0789. The quantitative estimate of drug-likeness (QED) is 0.405. The first-order chi connectivity index (χ1) is 13.0. The Labute approximate surface area is 155 Å². The number of nitrogens with zero attached hydrogens (tertiary/aromatic N) is 3. The molecule has 8 heteroatoms. The molecule has 0 radical (unpaired) electrons. The fourth-order valence-electron chi connectivity index (χ4n) is 2.70. The van der Waals surface area contributed by atoms with Crippen molar-refractivity contribution in [3.05, 3.63) is 54.1 Å². The van der Waals surface area contributed by atoms with Crippen LogP contribution in [0.1, 0.15) is 12.5 Å². The number of aryl methyl sites for hydroxylation is 1. The smallest absolute Gasteiger partial charge is 0.272 e. The van der Waals surface area contributed by atoms with Crippen molar-refractivity contribution in [2.45, 2.75) is 13.3 Å². The fourth-order valence-corrected chi connectivity index (χ4v) is 2.70. The van der Waals surface area contributed by atoms with Gasteiger partial charge in [-0.15, -0.1) is 0 Å². The summed E-state index contributed by atoms with van der Waals surface area (Å²) in [5.41, 5.74) is 14.3. The maximum Gasteiger partial charge on any atom is 0.272 e. The molecule has 0 fully saturated rings. The van der Waals surface area contributed by atoms with E-state index in [0.29, 0.717) is 22.7 Å². The van der Waals surface area contributed by atoms with Crippen LogP contribution < -0.4 is 16.8 Å². The fraction of sp³-hybridized carbons (Fsp3) is 0.105. The second kappa shape index (κ2) is 7.61. The minimum atomic E-state index is -0.534. The number of amides is 1. The maximum atomic E-state index is 12.0. The van der Waals surface area contributed by atoms with Crippen LogP contribution in [-0.4, -0.2) is 27.1 Å². The summed E-state index contributed by atoms with van der Waals surface area (Å²) in [6, 6.07) is 5.54. The van der Waals surface area contributed by atoms with Crippen LogP contribution in [-0.2, 0) is 11.2 Å². The summed E-state index contributed by atoms with van der Waals surface area (Å²) in [7, 11) is 0. The van der Waals surface area contributed by atoms with Gasteiger partial charge in [-0.25, -0.2) is 9.97 Å². The lowest BCUT2D eigenvalue weighted by Crippen LogP contribution is -2.20. The number of aromatic nitrogens is 3. The van der Waals surface area contributed by atoms with Crippen molar-refractivity contribution in [2.75, 3.05) is 11.1 Å². The van der Waals surface area contributed by atoms with Crippen LogP contribution >= 0.6 is 0 Å². The standard InChI is InChI=1S/C19H19N7O/c1-2-11-4-6-23-9-13(11)16-7-12-8-17(24-10-14(12)18(22)25-16)26-19(27)15(21)3-5-20/h3-10,20H,2,21H2,1H3,(H2,22,25)(H,24,26,27)/b15-3-,20-5?. The molecule has 3 rings (SSSR count). The van der Waals surface area contributed by atoms with Gasteiger partial charge < -0.3 is 22.2 Å². The molecule has 6 N–H and O–H groups in total. The second-order valence-corrected chi connectivity index (χ2v) is 5.81. The highest BCUT2D eigenvalue weighted by molar-refractivity contribution is 6.05. The van der Waals surface area contributed by atoms with E-state index in [0.717, 1.165) is 29.1 Å². The monoisotopic (exact) mass is 361 g/mol. The molecule has 3 aromatic heterocycles. The second-order valence-electron chi connectivity index (χ2n) is 5.81. The van der Waals surface area contributed by atoms with Crippen molar-refractivity contribution in [3.63, 3.8) is 0 Å². The van der Waals surface area contributed by atoms with Crippen LogP contribution in [0.2, 0.25) is 0 Å². The Morgan fingerprint density at radius 1 is 1.33 bits per heavy atom. The van der Waals surface area contributed by atoms with Crippen LogP contribution in [0, 0.1) is 5.41 Å². The molecule has 0 aromatic carbocycles. The lowest BCUT2D eigenvalue weighted by atomic mass is 10.0. The van der Waals surface area contributed by atoms with Crippen LogP contribution in [0.25, 0.3) is 22.0 Å². The average molecular weight is 361 g/mol. The number of anilines is 2. The normalized spacial score (nSPS) is 11.4. The van der Waals surface area contributed by atoms with E-state index in [1.54, 1.807) is 24.7 Å². The Hall–Kier alpha value is -3.81. The number of nitrogens with two attached hydrogens (primary N) is 2. The molecule has 136 valence electrons. The number of carbonyl (C=O) groups is 1. The number of carbonyl (C=O) groups excluding carboxylic acids is 1. The lowest BCUT2D eigenvalue weighted by molar-refractivity contribution is -0.112. The molecule has 3 aromatic rings. The zero-order valence-electron chi connectivity index (χ0n) is 14.7. The van der Waals surface area contributed by atoms with Gasteiger partial charge in [-0.1, -0.05) is 6.92 Å². The van der Waals surface area contributed by atoms with Gasteiger partial charge >= 0.3 is 0 Å². The third-order valence-corrected chi connectivity index (χ3v) is 4.08. The van der Waals surface area contributed by atoms with Gasteiger partial charge in [-0.3, -0.25) is 9.78 Å². The first-order valence-electron chi connectivity index (χ1n) is 8.30. The molecule has 0 atom stereocenters. The van der Waals surface area contributed by atoms with E-state index in [4.69, 9.17) is 16.9 Å². The van der Waals surface area contributed by atoms with Gasteiger partial charge in [0.05, 0.1) is 11.4 Å². The molecule has 1 amide bonds. The van der Waals surface area contributed by atoms with Gasteiger partial charge in [0.2, 0.25) is 0 Å². The molecule has 0 saturated heterocycles. The number of pyridine rings is 3. The highest BCUT2D eigenvalue weighted by Crippen LogP contribution is 2.29. The predicted octanol–water partition coefficient (Wildman–Crippen LogP) is 2.27. The Bertz CT molecular complexity index is 1060. The molecular weight excluding hydrogens is 342 g/mol. The first kappa shape index (κ1) is 18.0. The molecule has 3 heterocycles. The van der Waals surface area contributed by atoms with E-state index >= 15 is 0 Å². The molecule has 0 saturated carbocycles. The van der Waals surface area contributed by atoms with Gasteiger partial charge in [-0.2, -0.15) is 0 Å². The Morgan fingerprint density at radius 2 is 2.15 bits per heavy atom. The van der Waals surface area contributed by atoms with Gasteiger partial charge in [0.15, 0.2) is 0 Å². The number of hydrogen-bond donors (Lipinski definition) is 4. The van der Waals surface area contributed by atoms with Crippen LogP contribution in [0.3, 0.4) is 0 Å².